The predicted molar refractivity (Wildman–Crippen MR) is 96.2 cm³/mol. The van der Waals surface area contributed by atoms with E-state index >= 15 is 0 Å². The van der Waals surface area contributed by atoms with Gasteiger partial charge in [0.2, 0.25) is 0 Å². The number of hydrogen-bond acceptors (Lipinski definition) is 5. The molecule has 0 aliphatic heterocycles. The molecule has 0 atom stereocenters. The fourth-order valence-electron chi connectivity index (χ4n) is 2.82. The first-order chi connectivity index (χ1) is 11.8. The van der Waals surface area contributed by atoms with Crippen LogP contribution in [0.4, 0.5) is 0 Å². The van der Waals surface area contributed by atoms with Crippen molar-refractivity contribution in [3.63, 3.8) is 0 Å². The SMILES string of the molecule is CN(Cc1cccc(-n2cccn2)c1)Cc1ccc2nsnc2c1. The summed E-state index contributed by atoms with van der Waals surface area (Å²) in [5.41, 5.74) is 5.55. The maximum atomic E-state index is 4.31. The summed E-state index contributed by atoms with van der Waals surface area (Å²) in [7, 11) is 2.13. The third-order valence-corrected chi connectivity index (χ3v) is 4.46. The lowest BCUT2D eigenvalue weighted by molar-refractivity contribution is 0.319. The van der Waals surface area contributed by atoms with Crippen molar-refractivity contribution in [1.82, 2.24) is 23.4 Å². The van der Waals surface area contributed by atoms with E-state index in [1.54, 1.807) is 6.20 Å². The summed E-state index contributed by atoms with van der Waals surface area (Å²) in [6, 6.07) is 16.7. The van der Waals surface area contributed by atoms with Crippen molar-refractivity contribution in [2.24, 2.45) is 0 Å². The largest absolute Gasteiger partial charge is 0.298 e. The van der Waals surface area contributed by atoms with Crippen LogP contribution in [-0.4, -0.2) is 30.5 Å². The third-order valence-electron chi connectivity index (χ3n) is 3.90. The van der Waals surface area contributed by atoms with Gasteiger partial charge in [-0.3, -0.25) is 4.90 Å². The van der Waals surface area contributed by atoms with Gasteiger partial charge in [0.1, 0.15) is 11.0 Å². The zero-order chi connectivity index (χ0) is 16.4. The second-order valence-electron chi connectivity index (χ2n) is 5.88. The number of rotatable bonds is 5. The Morgan fingerprint density at radius 1 is 0.958 bits per heavy atom. The molecule has 0 radical (unpaired) electrons. The Labute approximate surface area is 144 Å². The first-order valence-corrected chi connectivity index (χ1v) is 8.50. The molecule has 0 spiro atoms. The molecule has 0 aliphatic rings. The van der Waals surface area contributed by atoms with Gasteiger partial charge in [-0.1, -0.05) is 18.2 Å². The summed E-state index contributed by atoms with van der Waals surface area (Å²) >= 11 is 1.26. The minimum Gasteiger partial charge on any atom is -0.298 e. The van der Waals surface area contributed by atoms with E-state index in [9.17, 15) is 0 Å². The normalized spacial score (nSPS) is 11.4. The van der Waals surface area contributed by atoms with Crippen molar-refractivity contribution >= 4 is 22.8 Å². The van der Waals surface area contributed by atoms with Crippen LogP contribution in [0.2, 0.25) is 0 Å². The van der Waals surface area contributed by atoms with Crippen molar-refractivity contribution in [3.05, 3.63) is 72.1 Å². The molecule has 0 bridgehead atoms. The average molecular weight is 335 g/mol. The smallest absolute Gasteiger partial charge is 0.105 e. The molecule has 0 saturated heterocycles. The van der Waals surface area contributed by atoms with Gasteiger partial charge in [0.25, 0.3) is 0 Å². The first-order valence-electron chi connectivity index (χ1n) is 7.77. The zero-order valence-corrected chi connectivity index (χ0v) is 14.1. The third kappa shape index (κ3) is 3.20. The second kappa shape index (κ2) is 6.51. The maximum absolute atomic E-state index is 4.31. The highest BCUT2D eigenvalue weighted by Gasteiger charge is 2.06. The quantitative estimate of drug-likeness (QED) is 0.560. The molecule has 4 aromatic rings. The Kier molecular flexibility index (Phi) is 4.06. The first kappa shape index (κ1) is 15.0. The molecular weight excluding hydrogens is 318 g/mol. The summed E-state index contributed by atoms with van der Waals surface area (Å²) in [4.78, 5) is 2.29. The van der Waals surface area contributed by atoms with Gasteiger partial charge in [0, 0.05) is 25.5 Å². The highest BCUT2D eigenvalue weighted by Crippen LogP contribution is 2.16. The van der Waals surface area contributed by atoms with Gasteiger partial charge in [-0.2, -0.15) is 13.8 Å². The molecule has 0 fully saturated rings. The van der Waals surface area contributed by atoms with E-state index in [-0.39, 0.29) is 0 Å². The lowest BCUT2D eigenvalue weighted by atomic mass is 10.1. The molecule has 2 aromatic heterocycles. The van der Waals surface area contributed by atoms with Crippen LogP contribution in [-0.2, 0) is 13.1 Å². The number of aromatic nitrogens is 4. The molecule has 0 saturated carbocycles. The Bertz CT molecular complexity index is 945. The molecule has 0 aliphatic carbocycles. The highest BCUT2D eigenvalue weighted by atomic mass is 32.1. The summed E-state index contributed by atoms with van der Waals surface area (Å²) in [6.45, 7) is 1.75. The van der Waals surface area contributed by atoms with Crippen molar-refractivity contribution < 1.29 is 0 Å². The van der Waals surface area contributed by atoms with E-state index in [4.69, 9.17) is 0 Å². The highest BCUT2D eigenvalue weighted by molar-refractivity contribution is 7.00. The molecule has 4 rings (SSSR count). The minimum absolute atomic E-state index is 0.874. The molecule has 24 heavy (non-hydrogen) atoms. The van der Waals surface area contributed by atoms with Crippen molar-refractivity contribution in [2.75, 3.05) is 7.05 Å². The predicted octanol–water partition coefficient (Wildman–Crippen LogP) is 3.51. The van der Waals surface area contributed by atoms with Gasteiger partial charge in [0.05, 0.1) is 17.4 Å². The van der Waals surface area contributed by atoms with Gasteiger partial charge < -0.3 is 0 Å². The summed E-state index contributed by atoms with van der Waals surface area (Å²) in [6.07, 6.45) is 3.75. The van der Waals surface area contributed by atoms with E-state index in [0.717, 1.165) is 29.8 Å². The fourth-order valence-corrected chi connectivity index (χ4v) is 3.34. The van der Waals surface area contributed by atoms with E-state index in [1.165, 1.54) is 22.9 Å². The van der Waals surface area contributed by atoms with Gasteiger partial charge in [0.15, 0.2) is 0 Å². The maximum Gasteiger partial charge on any atom is 0.105 e. The molecule has 6 heteroatoms. The Hall–Kier alpha value is -2.57. The number of benzene rings is 2. The van der Waals surface area contributed by atoms with Gasteiger partial charge >= 0.3 is 0 Å². The Morgan fingerprint density at radius 3 is 2.62 bits per heavy atom. The van der Waals surface area contributed by atoms with Crippen LogP contribution in [0.25, 0.3) is 16.7 Å². The summed E-state index contributed by atoms with van der Waals surface area (Å²) in [5, 5.41) is 4.29. The molecule has 2 aromatic carbocycles. The van der Waals surface area contributed by atoms with E-state index in [2.05, 4.69) is 62.2 Å². The summed E-state index contributed by atoms with van der Waals surface area (Å²) in [5.74, 6) is 0. The number of nitrogens with zero attached hydrogens (tertiary/aromatic N) is 5. The topological polar surface area (TPSA) is 46.8 Å². The lowest BCUT2D eigenvalue weighted by Gasteiger charge is -2.17. The van der Waals surface area contributed by atoms with E-state index < -0.39 is 0 Å². The molecule has 0 N–H and O–H groups in total. The van der Waals surface area contributed by atoms with E-state index in [1.807, 2.05) is 23.0 Å². The van der Waals surface area contributed by atoms with Gasteiger partial charge in [-0.25, -0.2) is 4.68 Å². The number of hydrogen-bond donors (Lipinski definition) is 0. The van der Waals surface area contributed by atoms with Crippen LogP contribution in [0.1, 0.15) is 11.1 Å². The lowest BCUT2D eigenvalue weighted by Crippen LogP contribution is -2.17. The second-order valence-corrected chi connectivity index (χ2v) is 6.41. The molecule has 120 valence electrons. The Balaban J connectivity index is 1.47. The van der Waals surface area contributed by atoms with Crippen LogP contribution in [0.5, 0.6) is 0 Å². The van der Waals surface area contributed by atoms with Gasteiger partial charge in [-0.05, 0) is 48.5 Å². The molecule has 0 unspecified atom stereocenters. The molecule has 2 heterocycles. The van der Waals surface area contributed by atoms with Crippen LogP contribution < -0.4 is 0 Å². The Morgan fingerprint density at radius 2 is 1.79 bits per heavy atom. The van der Waals surface area contributed by atoms with Crippen molar-refractivity contribution in [2.45, 2.75) is 13.1 Å². The monoisotopic (exact) mass is 335 g/mol. The molecule has 5 nitrogen and oxygen atoms in total. The fraction of sp³-hybridized carbons (Fsp3) is 0.167. The standard InChI is InChI=1S/C18H17N5S/c1-22(13-15-6-7-17-18(11-15)21-24-20-17)12-14-4-2-5-16(10-14)23-9-3-8-19-23/h2-11H,12-13H2,1H3. The van der Waals surface area contributed by atoms with Gasteiger partial charge in [-0.15, -0.1) is 0 Å². The van der Waals surface area contributed by atoms with Crippen LogP contribution in [0, 0.1) is 0 Å². The molecule has 0 amide bonds. The van der Waals surface area contributed by atoms with E-state index in [0.29, 0.717) is 0 Å². The van der Waals surface area contributed by atoms with Crippen LogP contribution >= 0.6 is 11.7 Å². The zero-order valence-electron chi connectivity index (χ0n) is 13.3. The van der Waals surface area contributed by atoms with Crippen LogP contribution in [0.15, 0.2) is 60.9 Å². The van der Waals surface area contributed by atoms with Crippen molar-refractivity contribution in [1.29, 1.82) is 0 Å². The molecular formula is C18H17N5S. The minimum atomic E-state index is 0.874. The average Bonchev–Trinajstić information content (AvgIpc) is 3.26. The van der Waals surface area contributed by atoms with Crippen molar-refractivity contribution in [3.8, 4) is 5.69 Å². The number of fused-ring (bicyclic) bond motifs is 1. The summed E-state index contributed by atoms with van der Waals surface area (Å²) < 4.78 is 10.4. The van der Waals surface area contributed by atoms with Crippen LogP contribution in [0.3, 0.4) is 0 Å².